The van der Waals surface area contributed by atoms with Gasteiger partial charge in [-0.2, -0.15) is 0 Å². The van der Waals surface area contributed by atoms with Crippen LogP contribution in [0.15, 0.2) is 30.3 Å². The third-order valence-electron chi connectivity index (χ3n) is 6.41. The van der Waals surface area contributed by atoms with Crippen molar-refractivity contribution in [2.45, 2.75) is 130 Å². The number of hydrogen-bond acceptors (Lipinski definition) is 4. The lowest BCUT2D eigenvalue weighted by atomic mass is 9.94. The van der Waals surface area contributed by atoms with Crippen LogP contribution in [-0.4, -0.2) is 18.5 Å². The number of unbranched alkanes of at least 4 members (excludes halogenated alkanes) is 11. The summed E-state index contributed by atoms with van der Waals surface area (Å²) in [6.07, 6.45) is 18.4. The van der Waals surface area contributed by atoms with Crippen molar-refractivity contribution in [3.05, 3.63) is 35.9 Å². The van der Waals surface area contributed by atoms with Crippen LogP contribution in [0.25, 0.3) is 0 Å². The van der Waals surface area contributed by atoms with Crippen molar-refractivity contribution in [1.82, 2.24) is 0 Å². The third kappa shape index (κ3) is 16.7. The molecular weight excluding hydrogens is 424 g/mol. The topological polar surface area (TPSA) is 52.6 Å². The molecule has 0 fully saturated rings. The van der Waals surface area contributed by atoms with E-state index in [2.05, 4.69) is 13.8 Å². The molecule has 0 spiro atoms. The number of benzene rings is 1. The fourth-order valence-electron chi connectivity index (χ4n) is 4.17. The standard InChI is InChI=1S/C30H50O4/c1-3-5-7-8-11-17-22-28(30(32)34-26-27-20-15-14-16-21-27)23-18-12-9-10-13-19-24-29(31)33-25-6-4-2/h14-16,20-21,28H,3-13,17-19,22-26H2,1-2H3. The van der Waals surface area contributed by atoms with Crippen LogP contribution in [0, 0.1) is 5.92 Å². The van der Waals surface area contributed by atoms with Gasteiger partial charge in [-0.05, 0) is 31.2 Å². The van der Waals surface area contributed by atoms with Crippen LogP contribution in [0.5, 0.6) is 0 Å². The Morgan fingerprint density at radius 2 is 1.24 bits per heavy atom. The molecule has 1 rings (SSSR count). The monoisotopic (exact) mass is 474 g/mol. The van der Waals surface area contributed by atoms with Gasteiger partial charge in [0.05, 0.1) is 12.5 Å². The number of hydrogen-bond donors (Lipinski definition) is 0. The minimum atomic E-state index is -0.0556. The SMILES string of the molecule is CCCCCCCCC(CCCCCCCCC(=O)OCCCC)C(=O)OCc1ccccc1. The summed E-state index contributed by atoms with van der Waals surface area (Å²) < 4.78 is 10.9. The van der Waals surface area contributed by atoms with E-state index in [0.29, 0.717) is 19.6 Å². The van der Waals surface area contributed by atoms with Crippen molar-refractivity contribution in [2.24, 2.45) is 5.92 Å². The smallest absolute Gasteiger partial charge is 0.309 e. The maximum atomic E-state index is 12.8. The van der Waals surface area contributed by atoms with Gasteiger partial charge in [0.2, 0.25) is 0 Å². The predicted octanol–water partition coefficient (Wildman–Crippen LogP) is 8.56. The summed E-state index contributed by atoms with van der Waals surface area (Å²) >= 11 is 0. The van der Waals surface area contributed by atoms with E-state index in [4.69, 9.17) is 9.47 Å². The number of esters is 2. The fourth-order valence-corrected chi connectivity index (χ4v) is 4.17. The van der Waals surface area contributed by atoms with Crippen molar-refractivity contribution < 1.29 is 19.1 Å². The van der Waals surface area contributed by atoms with E-state index in [0.717, 1.165) is 76.2 Å². The summed E-state index contributed by atoms with van der Waals surface area (Å²) in [5.74, 6) is -0.0632. The summed E-state index contributed by atoms with van der Waals surface area (Å²) in [5, 5.41) is 0. The molecule has 0 aliphatic rings. The molecule has 0 bridgehead atoms. The molecule has 1 atom stereocenters. The first-order chi connectivity index (χ1) is 16.7. The van der Waals surface area contributed by atoms with Crippen LogP contribution in [0.1, 0.15) is 129 Å². The van der Waals surface area contributed by atoms with Crippen molar-refractivity contribution in [2.75, 3.05) is 6.61 Å². The van der Waals surface area contributed by atoms with E-state index in [9.17, 15) is 9.59 Å². The molecule has 1 aromatic rings. The first-order valence-corrected chi connectivity index (χ1v) is 14.0. The van der Waals surface area contributed by atoms with Gasteiger partial charge in [0.25, 0.3) is 0 Å². The van der Waals surface area contributed by atoms with Gasteiger partial charge < -0.3 is 9.47 Å². The first kappa shape index (κ1) is 30.2. The van der Waals surface area contributed by atoms with Crippen LogP contribution in [0.4, 0.5) is 0 Å². The Bertz CT molecular complexity index is 613. The Kier molecular flexibility index (Phi) is 19.2. The molecule has 4 heteroatoms. The molecule has 4 nitrogen and oxygen atoms in total. The summed E-state index contributed by atoms with van der Waals surface area (Å²) in [5.41, 5.74) is 1.04. The van der Waals surface area contributed by atoms with E-state index in [-0.39, 0.29) is 17.9 Å². The lowest BCUT2D eigenvalue weighted by Crippen LogP contribution is -2.18. The van der Waals surface area contributed by atoms with E-state index in [1.807, 2.05) is 30.3 Å². The quantitative estimate of drug-likeness (QED) is 0.125. The summed E-state index contributed by atoms with van der Waals surface area (Å²) in [4.78, 5) is 24.4. The van der Waals surface area contributed by atoms with Crippen LogP contribution in [0.3, 0.4) is 0 Å². The summed E-state index contributed by atoms with van der Waals surface area (Å²) in [7, 11) is 0. The van der Waals surface area contributed by atoms with Crippen LogP contribution in [0.2, 0.25) is 0 Å². The number of rotatable bonds is 22. The number of carbonyl (C=O) groups excluding carboxylic acids is 2. The zero-order valence-corrected chi connectivity index (χ0v) is 22.0. The molecule has 0 radical (unpaired) electrons. The second kappa shape index (κ2) is 21.7. The molecule has 1 unspecified atom stereocenters. The molecule has 0 aromatic heterocycles. The average Bonchev–Trinajstić information content (AvgIpc) is 2.85. The fraction of sp³-hybridized carbons (Fsp3) is 0.733. The molecule has 194 valence electrons. The minimum absolute atomic E-state index is 0.0211. The molecule has 1 aromatic carbocycles. The van der Waals surface area contributed by atoms with Crippen molar-refractivity contribution >= 4 is 11.9 Å². The molecule has 0 saturated heterocycles. The van der Waals surface area contributed by atoms with Gasteiger partial charge in [-0.1, -0.05) is 121 Å². The van der Waals surface area contributed by atoms with Gasteiger partial charge in [-0.3, -0.25) is 9.59 Å². The highest BCUT2D eigenvalue weighted by atomic mass is 16.5. The van der Waals surface area contributed by atoms with E-state index >= 15 is 0 Å². The van der Waals surface area contributed by atoms with Crippen LogP contribution >= 0.6 is 0 Å². The Hall–Kier alpha value is -1.84. The Morgan fingerprint density at radius 3 is 1.85 bits per heavy atom. The second-order valence-electron chi connectivity index (χ2n) is 9.58. The lowest BCUT2D eigenvalue weighted by molar-refractivity contribution is -0.150. The van der Waals surface area contributed by atoms with Gasteiger partial charge in [-0.25, -0.2) is 0 Å². The number of ether oxygens (including phenoxy) is 2. The molecule has 0 N–H and O–H groups in total. The van der Waals surface area contributed by atoms with E-state index < -0.39 is 0 Å². The lowest BCUT2D eigenvalue weighted by Gasteiger charge is -2.16. The van der Waals surface area contributed by atoms with Crippen molar-refractivity contribution in [3.63, 3.8) is 0 Å². The predicted molar refractivity (Wildman–Crippen MR) is 141 cm³/mol. The molecular formula is C30H50O4. The number of carbonyl (C=O) groups is 2. The highest BCUT2D eigenvalue weighted by molar-refractivity contribution is 5.72. The molecule has 34 heavy (non-hydrogen) atoms. The summed E-state index contributed by atoms with van der Waals surface area (Å²) in [6.45, 7) is 5.26. The maximum absolute atomic E-state index is 12.8. The zero-order valence-electron chi connectivity index (χ0n) is 22.0. The molecule has 0 amide bonds. The second-order valence-corrected chi connectivity index (χ2v) is 9.58. The van der Waals surface area contributed by atoms with Gasteiger partial charge in [0, 0.05) is 6.42 Å². The molecule has 0 aliphatic heterocycles. The van der Waals surface area contributed by atoms with Crippen LogP contribution < -0.4 is 0 Å². The van der Waals surface area contributed by atoms with Crippen LogP contribution in [-0.2, 0) is 25.7 Å². The maximum Gasteiger partial charge on any atom is 0.309 e. The molecule has 0 aliphatic carbocycles. The Balaban J connectivity index is 2.23. The van der Waals surface area contributed by atoms with E-state index in [1.165, 1.54) is 32.1 Å². The van der Waals surface area contributed by atoms with Crippen molar-refractivity contribution in [3.8, 4) is 0 Å². The zero-order chi connectivity index (χ0) is 24.7. The highest BCUT2D eigenvalue weighted by Crippen LogP contribution is 2.21. The first-order valence-electron chi connectivity index (χ1n) is 14.0. The molecule has 0 saturated carbocycles. The highest BCUT2D eigenvalue weighted by Gasteiger charge is 2.19. The molecule has 0 heterocycles. The summed E-state index contributed by atoms with van der Waals surface area (Å²) in [6, 6.07) is 9.94. The van der Waals surface area contributed by atoms with Gasteiger partial charge in [0.15, 0.2) is 0 Å². The Morgan fingerprint density at radius 1 is 0.676 bits per heavy atom. The van der Waals surface area contributed by atoms with Gasteiger partial charge in [-0.15, -0.1) is 0 Å². The van der Waals surface area contributed by atoms with Crippen molar-refractivity contribution in [1.29, 1.82) is 0 Å². The normalized spacial score (nSPS) is 11.8. The third-order valence-corrected chi connectivity index (χ3v) is 6.41. The van der Waals surface area contributed by atoms with E-state index in [1.54, 1.807) is 0 Å². The minimum Gasteiger partial charge on any atom is -0.466 e. The Labute approximate surface area is 209 Å². The van der Waals surface area contributed by atoms with Gasteiger partial charge in [0.1, 0.15) is 6.61 Å². The largest absolute Gasteiger partial charge is 0.466 e. The average molecular weight is 475 g/mol. The van der Waals surface area contributed by atoms with Gasteiger partial charge >= 0.3 is 11.9 Å².